The van der Waals surface area contributed by atoms with Crippen LogP contribution in [0.15, 0.2) is 0 Å². The van der Waals surface area contributed by atoms with Crippen molar-refractivity contribution in [2.75, 3.05) is 24.6 Å². The van der Waals surface area contributed by atoms with E-state index in [1.807, 2.05) is 16.7 Å². The average molecular weight is 201 g/mol. The van der Waals surface area contributed by atoms with Crippen molar-refractivity contribution in [2.24, 2.45) is 5.92 Å². The lowest BCUT2D eigenvalue weighted by atomic mass is 10.0. The van der Waals surface area contributed by atoms with Gasteiger partial charge in [-0.3, -0.25) is 4.79 Å². The van der Waals surface area contributed by atoms with Crippen molar-refractivity contribution in [3.8, 4) is 0 Å². The van der Waals surface area contributed by atoms with Crippen LogP contribution in [0.2, 0.25) is 0 Å². The molecule has 0 bridgehead atoms. The highest BCUT2D eigenvalue weighted by atomic mass is 32.2. The molecule has 1 heterocycles. The number of thioether (sulfide) groups is 1. The molecule has 0 saturated carbocycles. The number of hydrogen-bond donors (Lipinski definition) is 0. The van der Waals surface area contributed by atoms with Gasteiger partial charge in [-0.1, -0.05) is 0 Å². The molecular formula is C10H19NOS. The third-order valence-electron chi connectivity index (χ3n) is 2.65. The Morgan fingerprint density at radius 2 is 1.85 bits per heavy atom. The first-order valence-electron chi connectivity index (χ1n) is 5.16. The Hall–Kier alpha value is -0.180. The fourth-order valence-corrected chi connectivity index (χ4v) is 2.84. The molecule has 76 valence electrons. The molecule has 0 aromatic rings. The lowest BCUT2D eigenvalue weighted by Crippen LogP contribution is -2.37. The molecule has 0 aliphatic carbocycles. The van der Waals surface area contributed by atoms with Crippen molar-refractivity contribution in [1.82, 2.24) is 4.90 Å². The highest BCUT2D eigenvalue weighted by Crippen LogP contribution is 2.24. The number of nitrogens with zero attached hydrogens (tertiary/aromatic N) is 1. The van der Waals surface area contributed by atoms with Crippen LogP contribution >= 0.6 is 11.8 Å². The smallest absolute Gasteiger partial charge is 0.225 e. The zero-order valence-electron chi connectivity index (χ0n) is 8.58. The van der Waals surface area contributed by atoms with Gasteiger partial charge in [-0.25, -0.2) is 0 Å². The summed E-state index contributed by atoms with van der Waals surface area (Å²) in [7, 11) is 0. The Kier molecular flexibility index (Phi) is 4.64. The van der Waals surface area contributed by atoms with Gasteiger partial charge in [0.25, 0.3) is 0 Å². The second-order valence-corrected chi connectivity index (χ2v) is 4.62. The molecule has 13 heavy (non-hydrogen) atoms. The molecule has 1 fully saturated rings. The second-order valence-electron chi connectivity index (χ2n) is 3.40. The summed E-state index contributed by atoms with van der Waals surface area (Å²) in [5.41, 5.74) is 0. The summed E-state index contributed by atoms with van der Waals surface area (Å²) in [6.07, 6.45) is 2.17. The van der Waals surface area contributed by atoms with Crippen LogP contribution in [0.1, 0.15) is 26.7 Å². The van der Waals surface area contributed by atoms with E-state index in [4.69, 9.17) is 0 Å². The third kappa shape index (κ3) is 2.90. The van der Waals surface area contributed by atoms with Gasteiger partial charge in [-0.15, -0.1) is 0 Å². The highest BCUT2D eigenvalue weighted by molar-refractivity contribution is 7.99. The Morgan fingerprint density at radius 3 is 2.31 bits per heavy atom. The first-order chi connectivity index (χ1) is 6.29. The largest absolute Gasteiger partial charge is 0.343 e. The molecule has 0 aromatic carbocycles. The maximum atomic E-state index is 11.9. The zero-order valence-corrected chi connectivity index (χ0v) is 9.40. The van der Waals surface area contributed by atoms with Crippen molar-refractivity contribution in [2.45, 2.75) is 26.7 Å². The topological polar surface area (TPSA) is 20.3 Å². The van der Waals surface area contributed by atoms with Crippen molar-refractivity contribution in [3.63, 3.8) is 0 Å². The van der Waals surface area contributed by atoms with Gasteiger partial charge in [0.15, 0.2) is 0 Å². The lowest BCUT2D eigenvalue weighted by Gasteiger charge is -2.27. The van der Waals surface area contributed by atoms with Crippen molar-refractivity contribution >= 4 is 17.7 Å². The Balaban J connectivity index is 2.44. The monoisotopic (exact) mass is 201 g/mol. The van der Waals surface area contributed by atoms with Crippen LogP contribution in [0.25, 0.3) is 0 Å². The Morgan fingerprint density at radius 1 is 1.31 bits per heavy atom. The van der Waals surface area contributed by atoms with E-state index in [1.54, 1.807) is 0 Å². The predicted octanol–water partition coefficient (Wildman–Crippen LogP) is 2.00. The fraction of sp³-hybridized carbons (Fsp3) is 0.900. The summed E-state index contributed by atoms with van der Waals surface area (Å²) < 4.78 is 0. The van der Waals surface area contributed by atoms with Crippen LogP contribution in [0.5, 0.6) is 0 Å². The first-order valence-corrected chi connectivity index (χ1v) is 6.31. The molecule has 0 aromatic heterocycles. The number of rotatable bonds is 3. The third-order valence-corrected chi connectivity index (χ3v) is 3.69. The fourth-order valence-electron chi connectivity index (χ4n) is 1.74. The minimum Gasteiger partial charge on any atom is -0.343 e. The van der Waals surface area contributed by atoms with Crippen LogP contribution in [0, 0.1) is 5.92 Å². The minimum atomic E-state index is 0.321. The zero-order chi connectivity index (χ0) is 9.68. The van der Waals surface area contributed by atoms with Crippen LogP contribution in [0.3, 0.4) is 0 Å². The van der Waals surface area contributed by atoms with Crippen LogP contribution in [0.4, 0.5) is 0 Å². The van der Waals surface area contributed by atoms with Crippen LogP contribution in [-0.2, 0) is 4.79 Å². The quantitative estimate of drug-likeness (QED) is 0.696. The molecular weight excluding hydrogens is 182 g/mol. The summed E-state index contributed by atoms with van der Waals surface area (Å²) in [6, 6.07) is 0. The molecule has 1 aliphatic rings. The standard InChI is InChI=1S/C10H19NOS/c1-3-11(4-2)10(12)9-5-7-13-8-6-9/h9H,3-8H2,1-2H3. The van der Waals surface area contributed by atoms with E-state index in [2.05, 4.69) is 13.8 Å². The van der Waals surface area contributed by atoms with Crippen LogP contribution < -0.4 is 0 Å². The van der Waals surface area contributed by atoms with Crippen molar-refractivity contribution in [3.05, 3.63) is 0 Å². The van der Waals surface area contributed by atoms with Gasteiger partial charge in [0.1, 0.15) is 0 Å². The van der Waals surface area contributed by atoms with E-state index in [9.17, 15) is 4.79 Å². The molecule has 1 rings (SSSR count). The highest BCUT2D eigenvalue weighted by Gasteiger charge is 2.24. The van der Waals surface area contributed by atoms with Crippen molar-refractivity contribution < 1.29 is 4.79 Å². The van der Waals surface area contributed by atoms with Gasteiger partial charge in [0, 0.05) is 19.0 Å². The summed E-state index contributed by atoms with van der Waals surface area (Å²) in [4.78, 5) is 13.8. The van der Waals surface area contributed by atoms with E-state index in [-0.39, 0.29) is 0 Å². The Labute approximate surface area is 85.1 Å². The summed E-state index contributed by atoms with van der Waals surface area (Å²) in [5.74, 6) is 3.03. The summed E-state index contributed by atoms with van der Waals surface area (Å²) >= 11 is 1.97. The van der Waals surface area contributed by atoms with E-state index >= 15 is 0 Å². The second kappa shape index (κ2) is 5.53. The van der Waals surface area contributed by atoms with Gasteiger partial charge in [-0.05, 0) is 38.2 Å². The molecule has 1 aliphatic heterocycles. The molecule has 0 radical (unpaired) electrons. The first kappa shape index (κ1) is 10.9. The molecule has 0 spiro atoms. The minimum absolute atomic E-state index is 0.321. The van der Waals surface area contributed by atoms with Gasteiger partial charge in [-0.2, -0.15) is 11.8 Å². The van der Waals surface area contributed by atoms with Crippen molar-refractivity contribution in [1.29, 1.82) is 0 Å². The van der Waals surface area contributed by atoms with Gasteiger partial charge in [0.2, 0.25) is 5.91 Å². The predicted molar refractivity (Wildman–Crippen MR) is 58.0 cm³/mol. The maximum absolute atomic E-state index is 11.9. The molecule has 0 atom stereocenters. The SMILES string of the molecule is CCN(CC)C(=O)C1CCSCC1. The van der Waals surface area contributed by atoms with Crippen LogP contribution in [-0.4, -0.2) is 35.4 Å². The number of carbonyl (C=O) groups is 1. The Bertz CT molecular complexity index is 162. The average Bonchev–Trinajstić information content (AvgIpc) is 2.21. The van der Waals surface area contributed by atoms with E-state index in [0.29, 0.717) is 11.8 Å². The molecule has 1 amide bonds. The number of carbonyl (C=O) groups excluding carboxylic acids is 1. The number of amides is 1. The summed E-state index contributed by atoms with van der Waals surface area (Å²) in [5, 5.41) is 0. The molecule has 1 saturated heterocycles. The molecule has 3 heteroatoms. The van der Waals surface area contributed by atoms with E-state index in [1.165, 1.54) is 0 Å². The van der Waals surface area contributed by atoms with E-state index < -0.39 is 0 Å². The van der Waals surface area contributed by atoms with Gasteiger partial charge < -0.3 is 4.90 Å². The molecule has 2 nitrogen and oxygen atoms in total. The maximum Gasteiger partial charge on any atom is 0.225 e. The molecule has 0 unspecified atom stereocenters. The molecule has 0 N–H and O–H groups in total. The van der Waals surface area contributed by atoms with E-state index in [0.717, 1.165) is 37.4 Å². The summed E-state index contributed by atoms with van der Waals surface area (Å²) in [6.45, 7) is 5.83. The number of hydrogen-bond acceptors (Lipinski definition) is 2. The lowest BCUT2D eigenvalue weighted by molar-refractivity contribution is -0.135. The van der Waals surface area contributed by atoms with Gasteiger partial charge >= 0.3 is 0 Å². The normalized spacial score (nSPS) is 18.6. The van der Waals surface area contributed by atoms with Gasteiger partial charge in [0.05, 0.1) is 0 Å².